The lowest BCUT2D eigenvalue weighted by molar-refractivity contribution is -0.139. The molecule has 0 bridgehead atoms. The smallest absolute Gasteiger partial charge is 0.326 e. The van der Waals surface area contributed by atoms with Crippen LogP contribution in [0.25, 0.3) is 0 Å². The average molecular weight is 246 g/mol. The zero-order valence-electron chi connectivity index (χ0n) is 10.7. The molecule has 0 spiro atoms. The minimum absolute atomic E-state index is 0.213. The van der Waals surface area contributed by atoms with Crippen LogP contribution in [0.1, 0.15) is 26.7 Å². The molecule has 1 atom stereocenters. The normalized spacial score (nSPS) is 12.2. The third-order valence-electron chi connectivity index (χ3n) is 2.12. The number of hydrogen-bond acceptors (Lipinski definition) is 3. The van der Waals surface area contributed by atoms with E-state index in [-0.39, 0.29) is 5.92 Å². The molecule has 0 aliphatic carbocycles. The summed E-state index contributed by atoms with van der Waals surface area (Å²) in [6.07, 6.45) is 1.12. The zero-order valence-corrected chi connectivity index (χ0v) is 10.7. The van der Waals surface area contributed by atoms with E-state index in [1.807, 2.05) is 13.8 Å². The van der Waals surface area contributed by atoms with Gasteiger partial charge in [-0.2, -0.15) is 0 Å². The first kappa shape index (κ1) is 15.7. The molecule has 0 aliphatic heterocycles. The summed E-state index contributed by atoms with van der Waals surface area (Å²) >= 11 is 0. The van der Waals surface area contributed by atoms with Crippen molar-refractivity contribution in [2.45, 2.75) is 32.7 Å². The predicted octanol–water partition coefficient (Wildman–Crippen LogP) is 0.821. The van der Waals surface area contributed by atoms with Crippen LogP contribution in [-0.4, -0.2) is 43.4 Å². The number of carboxylic acid groups (broad SMARTS) is 1. The number of rotatable bonds is 8. The quantitative estimate of drug-likeness (QED) is 0.553. The average Bonchev–Trinajstić information content (AvgIpc) is 2.22. The van der Waals surface area contributed by atoms with Crippen molar-refractivity contribution in [3.63, 3.8) is 0 Å². The van der Waals surface area contributed by atoms with Gasteiger partial charge in [0.1, 0.15) is 6.04 Å². The van der Waals surface area contributed by atoms with Gasteiger partial charge in [0, 0.05) is 20.3 Å². The fourth-order valence-corrected chi connectivity index (χ4v) is 1.32. The molecule has 0 fully saturated rings. The topological polar surface area (TPSA) is 87.7 Å². The molecule has 6 heteroatoms. The standard InChI is InChI=1S/C11H22N2O4/c1-8(2)7-9(10(14)15)13-11(16)12-5-4-6-17-3/h8-9H,4-7H2,1-3H3,(H,14,15)(H2,12,13,16). The Hall–Kier alpha value is -1.30. The lowest BCUT2D eigenvalue weighted by Crippen LogP contribution is -2.46. The Balaban J connectivity index is 3.91. The molecule has 2 amide bonds. The van der Waals surface area contributed by atoms with Gasteiger partial charge in [0.05, 0.1) is 0 Å². The van der Waals surface area contributed by atoms with Gasteiger partial charge in [0.2, 0.25) is 0 Å². The maximum absolute atomic E-state index is 11.4. The molecule has 6 nitrogen and oxygen atoms in total. The Labute approximate surface area is 102 Å². The third-order valence-corrected chi connectivity index (χ3v) is 2.12. The number of aliphatic carboxylic acids is 1. The van der Waals surface area contributed by atoms with E-state index in [0.717, 1.165) is 0 Å². The first-order chi connectivity index (χ1) is 7.97. The highest BCUT2D eigenvalue weighted by Gasteiger charge is 2.20. The van der Waals surface area contributed by atoms with Crippen LogP contribution in [0.2, 0.25) is 0 Å². The summed E-state index contributed by atoms with van der Waals surface area (Å²) in [5, 5.41) is 13.9. The highest BCUT2D eigenvalue weighted by Crippen LogP contribution is 2.04. The van der Waals surface area contributed by atoms with Gasteiger partial charge in [-0.1, -0.05) is 13.8 Å². The minimum atomic E-state index is -1.01. The maximum atomic E-state index is 11.4. The van der Waals surface area contributed by atoms with Crippen molar-refractivity contribution in [1.82, 2.24) is 10.6 Å². The van der Waals surface area contributed by atoms with Crippen molar-refractivity contribution in [3.05, 3.63) is 0 Å². The van der Waals surface area contributed by atoms with E-state index in [1.165, 1.54) is 0 Å². The highest BCUT2D eigenvalue weighted by atomic mass is 16.5. The molecule has 1 unspecified atom stereocenters. The number of urea groups is 1. The number of methoxy groups -OCH3 is 1. The lowest BCUT2D eigenvalue weighted by Gasteiger charge is -2.16. The Bertz CT molecular complexity index is 244. The number of hydrogen-bond donors (Lipinski definition) is 3. The Morgan fingerprint density at radius 1 is 1.35 bits per heavy atom. The van der Waals surface area contributed by atoms with Crippen LogP contribution < -0.4 is 10.6 Å². The highest BCUT2D eigenvalue weighted by molar-refractivity contribution is 5.82. The molecule has 0 aromatic rings. The zero-order chi connectivity index (χ0) is 13.3. The van der Waals surface area contributed by atoms with E-state index in [2.05, 4.69) is 10.6 Å². The first-order valence-corrected chi connectivity index (χ1v) is 5.73. The van der Waals surface area contributed by atoms with Gasteiger partial charge >= 0.3 is 12.0 Å². The summed E-state index contributed by atoms with van der Waals surface area (Å²) < 4.78 is 4.83. The molecule has 0 aliphatic rings. The number of ether oxygens (including phenoxy) is 1. The van der Waals surface area contributed by atoms with Gasteiger partial charge in [-0.3, -0.25) is 0 Å². The van der Waals surface area contributed by atoms with Crippen molar-refractivity contribution in [2.75, 3.05) is 20.3 Å². The van der Waals surface area contributed by atoms with Gasteiger partial charge in [-0.15, -0.1) is 0 Å². The van der Waals surface area contributed by atoms with Crippen LogP contribution in [0, 0.1) is 5.92 Å². The van der Waals surface area contributed by atoms with Crippen molar-refractivity contribution in [3.8, 4) is 0 Å². The molecular formula is C11H22N2O4. The van der Waals surface area contributed by atoms with Gasteiger partial charge in [-0.25, -0.2) is 9.59 Å². The van der Waals surface area contributed by atoms with Gasteiger partial charge < -0.3 is 20.5 Å². The number of carbonyl (C=O) groups excluding carboxylic acids is 1. The van der Waals surface area contributed by atoms with Crippen LogP contribution in [0.5, 0.6) is 0 Å². The van der Waals surface area contributed by atoms with Crippen LogP contribution >= 0.6 is 0 Å². The fraction of sp³-hybridized carbons (Fsp3) is 0.818. The molecule has 0 heterocycles. The molecule has 0 saturated carbocycles. The third kappa shape index (κ3) is 8.50. The van der Waals surface area contributed by atoms with Crippen LogP contribution in [0.4, 0.5) is 4.79 Å². The van der Waals surface area contributed by atoms with Crippen molar-refractivity contribution in [1.29, 1.82) is 0 Å². The molecule has 0 aromatic heterocycles. The molecule has 0 aromatic carbocycles. The van der Waals surface area contributed by atoms with E-state index in [0.29, 0.717) is 26.0 Å². The second kappa shape index (κ2) is 8.81. The Morgan fingerprint density at radius 3 is 2.47 bits per heavy atom. The molecule has 0 radical (unpaired) electrons. The molecule has 17 heavy (non-hydrogen) atoms. The summed E-state index contributed by atoms with van der Waals surface area (Å²) in [5.41, 5.74) is 0. The first-order valence-electron chi connectivity index (χ1n) is 5.73. The largest absolute Gasteiger partial charge is 0.480 e. The van der Waals surface area contributed by atoms with E-state index in [9.17, 15) is 9.59 Å². The maximum Gasteiger partial charge on any atom is 0.326 e. The van der Waals surface area contributed by atoms with Crippen LogP contribution in [0.15, 0.2) is 0 Å². The molecule has 0 rings (SSSR count). The summed E-state index contributed by atoms with van der Waals surface area (Å²) in [5.74, 6) is -0.796. The van der Waals surface area contributed by atoms with Gasteiger partial charge in [0.25, 0.3) is 0 Å². The molecular weight excluding hydrogens is 224 g/mol. The lowest BCUT2D eigenvalue weighted by atomic mass is 10.0. The van der Waals surface area contributed by atoms with Crippen molar-refractivity contribution >= 4 is 12.0 Å². The predicted molar refractivity (Wildman–Crippen MR) is 63.9 cm³/mol. The minimum Gasteiger partial charge on any atom is -0.480 e. The second-order valence-corrected chi connectivity index (χ2v) is 4.27. The SMILES string of the molecule is COCCCNC(=O)NC(CC(C)C)C(=O)O. The number of carboxylic acids is 1. The summed E-state index contributed by atoms with van der Waals surface area (Å²) in [6, 6.07) is -1.29. The Morgan fingerprint density at radius 2 is 2.00 bits per heavy atom. The monoisotopic (exact) mass is 246 g/mol. The molecule has 100 valence electrons. The van der Waals surface area contributed by atoms with E-state index in [4.69, 9.17) is 9.84 Å². The van der Waals surface area contributed by atoms with E-state index in [1.54, 1.807) is 7.11 Å². The molecule has 0 saturated heterocycles. The van der Waals surface area contributed by atoms with E-state index >= 15 is 0 Å². The fourth-order valence-electron chi connectivity index (χ4n) is 1.32. The van der Waals surface area contributed by atoms with Crippen LogP contribution in [0.3, 0.4) is 0 Å². The summed E-state index contributed by atoms with van der Waals surface area (Å²) in [7, 11) is 1.59. The van der Waals surface area contributed by atoms with Crippen molar-refractivity contribution in [2.24, 2.45) is 5.92 Å². The second-order valence-electron chi connectivity index (χ2n) is 4.27. The summed E-state index contributed by atoms with van der Waals surface area (Å²) in [4.78, 5) is 22.3. The summed E-state index contributed by atoms with van der Waals surface area (Å²) in [6.45, 7) is 4.85. The van der Waals surface area contributed by atoms with Crippen molar-refractivity contribution < 1.29 is 19.4 Å². The molecule has 3 N–H and O–H groups in total. The number of carbonyl (C=O) groups is 2. The van der Waals surface area contributed by atoms with Crippen LogP contribution in [-0.2, 0) is 9.53 Å². The Kier molecular flexibility index (Phi) is 8.13. The van der Waals surface area contributed by atoms with Gasteiger partial charge in [0.15, 0.2) is 0 Å². The number of amides is 2. The number of nitrogens with one attached hydrogen (secondary N) is 2. The van der Waals surface area contributed by atoms with Gasteiger partial charge in [-0.05, 0) is 18.8 Å². The van der Waals surface area contributed by atoms with E-state index < -0.39 is 18.0 Å².